The van der Waals surface area contributed by atoms with Gasteiger partial charge in [0.1, 0.15) is 0 Å². The van der Waals surface area contributed by atoms with Gasteiger partial charge < -0.3 is 10.6 Å². The third-order valence-corrected chi connectivity index (χ3v) is 4.95. The zero-order valence-corrected chi connectivity index (χ0v) is 16.2. The summed E-state index contributed by atoms with van der Waals surface area (Å²) in [6.45, 7) is 3.06. The summed E-state index contributed by atoms with van der Waals surface area (Å²) in [5.74, 6) is 0.934. The summed E-state index contributed by atoms with van der Waals surface area (Å²) in [5, 5.41) is 8.14. The zero-order valence-electron chi connectivity index (χ0n) is 13.0. The predicted molar refractivity (Wildman–Crippen MR) is 102 cm³/mol. The molecule has 21 heavy (non-hydrogen) atoms. The molecule has 0 amide bonds. The van der Waals surface area contributed by atoms with Crippen molar-refractivity contribution in [1.82, 2.24) is 15.6 Å². The van der Waals surface area contributed by atoms with Gasteiger partial charge in [-0.15, -0.1) is 35.3 Å². The van der Waals surface area contributed by atoms with Gasteiger partial charge in [-0.3, -0.25) is 4.99 Å². The molecule has 0 aromatic carbocycles. The van der Waals surface area contributed by atoms with Crippen LogP contribution in [0.25, 0.3) is 0 Å². The second-order valence-corrected chi connectivity index (χ2v) is 6.50. The molecule has 1 aromatic rings. The van der Waals surface area contributed by atoms with Gasteiger partial charge in [0.15, 0.2) is 5.96 Å². The molecule has 1 saturated carbocycles. The van der Waals surface area contributed by atoms with Crippen molar-refractivity contribution in [2.24, 2.45) is 4.99 Å². The average Bonchev–Trinajstić information content (AvgIpc) is 2.95. The molecular weight excluding hydrogens is 395 g/mol. The number of aliphatic imine (C=N–C) groups is 1. The number of aromatic nitrogens is 1. The molecule has 2 N–H and O–H groups in total. The van der Waals surface area contributed by atoms with E-state index in [4.69, 9.17) is 0 Å². The number of nitrogens with one attached hydrogen (secondary N) is 2. The van der Waals surface area contributed by atoms with Crippen molar-refractivity contribution in [3.05, 3.63) is 16.1 Å². The van der Waals surface area contributed by atoms with Crippen LogP contribution in [0.2, 0.25) is 0 Å². The predicted octanol–water partition coefficient (Wildman–Crippen LogP) is 3.36. The van der Waals surface area contributed by atoms with Crippen LogP contribution < -0.4 is 10.6 Å². The smallest absolute Gasteiger partial charge is 0.191 e. The molecule has 0 bridgehead atoms. The maximum absolute atomic E-state index is 4.44. The first-order valence-electron chi connectivity index (χ1n) is 7.72. The molecule has 120 valence electrons. The van der Waals surface area contributed by atoms with Gasteiger partial charge in [0.2, 0.25) is 0 Å². The molecule has 0 spiro atoms. The highest BCUT2D eigenvalue weighted by Crippen LogP contribution is 2.17. The highest BCUT2D eigenvalue weighted by atomic mass is 127. The Balaban J connectivity index is 0.00000220. The van der Waals surface area contributed by atoms with Crippen LogP contribution in [-0.2, 0) is 12.8 Å². The fourth-order valence-corrected chi connectivity index (χ4v) is 3.41. The number of thiazole rings is 1. The van der Waals surface area contributed by atoms with Gasteiger partial charge >= 0.3 is 0 Å². The van der Waals surface area contributed by atoms with Crippen LogP contribution in [0.15, 0.2) is 11.2 Å². The lowest BCUT2D eigenvalue weighted by Gasteiger charge is -2.24. The van der Waals surface area contributed by atoms with Gasteiger partial charge in [-0.2, -0.15) is 0 Å². The Hall–Kier alpha value is -0.370. The Morgan fingerprint density at radius 3 is 2.76 bits per heavy atom. The fourth-order valence-electron chi connectivity index (χ4n) is 2.55. The van der Waals surface area contributed by atoms with Crippen LogP contribution in [0.5, 0.6) is 0 Å². The summed E-state index contributed by atoms with van der Waals surface area (Å²) in [6.07, 6.45) is 10.6. The second-order valence-electron chi connectivity index (χ2n) is 5.30. The van der Waals surface area contributed by atoms with Crippen molar-refractivity contribution in [3.63, 3.8) is 0 Å². The monoisotopic (exact) mass is 422 g/mol. The molecule has 6 heteroatoms. The molecule has 1 fully saturated rings. The second kappa shape index (κ2) is 10.4. The topological polar surface area (TPSA) is 49.3 Å². The van der Waals surface area contributed by atoms with Gasteiger partial charge in [0.25, 0.3) is 0 Å². The number of hydrogen-bond donors (Lipinski definition) is 2. The molecule has 0 unspecified atom stereocenters. The standard InChI is InChI=1S/C15H26N4S.HI/c1-3-13-11-18-14(20-13)9-10-17-15(16-2)19-12-7-5-4-6-8-12;/h11-12H,3-10H2,1-2H3,(H2,16,17,19);1H. The van der Waals surface area contributed by atoms with E-state index in [2.05, 4.69) is 27.5 Å². The molecule has 4 nitrogen and oxygen atoms in total. The molecule has 0 radical (unpaired) electrons. The largest absolute Gasteiger partial charge is 0.356 e. The number of nitrogens with zero attached hydrogens (tertiary/aromatic N) is 2. The minimum atomic E-state index is 0. The van der Waals surface area contributed by atoms with Crippen LogP contribution in [-0.4, -0.2) is 30.6 Å². The van der Waals surface area contributed by atoms with E-state index in [0.29, 0.717) is 6.04 Å². The van der Waals surface area contributed by atoms with E-state index < -0.39 is 0 Å². The first kappa shape index (κ1) is 18.7. The maximum Gasteiger partial charge on any atom is 0.191 e. The molecule has 1 heterocycles. The van der Waals surface area contributed by atoms with Crippen LogP contribution in [0.1, 0.15) is 48.9 Å². The first-order chi connectivity index (χ1) is 9.81. The summed E-state index contributed by atoms with van der Waals surface area (Å²) >= 11 is 1.82. The average molecular weight is 422 g/mol. The van der Waals surface area contributed by atoms with Gasteiger partial charge in [-0.1, -0.05) is 26.2 Å². The van der Waals surface area contributed by atoms with Crippen LogP contribution in [0.4, 0.5) is 0 Å². The van der Waals surface area contributed by atoms with E-state index in [0.717, 1.165) is 25.3 Å². The minimum absolute atomic E-state index is 0. The van der Waals surface area contributed by atoms with E-state index >= 15 is 0 Å². The van der Waals surface area contributed by atoms with E-state index in [-0.39, 0.29) is 24.0 Å². The maximum atomic E-state index is 4.44. The van der Waals surface area contributed by atoms with E-state index in [9.17, 15) is 0 Å². The lowest BCUT2D eigenvalue weighted by atomic mass is 9.96. The number of guanidine groups is 1. The Bertz CT molecular complexity index is 427. The van der Waals surface area contributed by atoms with Crippen molar-refractivity contribution in [2.75, 3.05) is 13.6 Å². The molecule has 1 aromatic heterocycles. The van der Waals surface area contributed by atoms with Crippen LogP contribution in [0, 0.1) is 0 Å². The third-order valence-electron chi connectivity index (χ3n) is 3.75. The van der Waals surface area contributed by atoms with E-state index in [1.54, 1.807) is 0 Å². The number of halogens is 1. The van der Waals surface area contributed by atoms with Crippen molar-refractivity contribution in [2.45, 2.75) is 57.9 Å². The summed E-state index contributed by atoms with van der Waals surface area (Å²) < 4.78 is 0. The van der Waals surface area contributed by atoms with E-state index in [1.165, 1.54) is 42.0 Å². The highest BCUT2D eigenvalue weighted by molar-refractivity contribution is 14.0. The van der Waals surface area contributed by atoms with Crippen LogP contribution >= 0.6 is 35.3 Å². The lowest BCUT2D eigenvalue weighted by Crippen LogP contribution is -2.44. The van der Waals surface area contributed by atoms with Crippen molar-refractivity contribution < 1.29 is 0 Å². The third kappa shape index (κ3) is 6.50. The highest BCUT2D eigenvalue weighted by Gasteiger charge is 2.14. The number of hydrogen-bond acceptors (Lipinski definition) is 3. The van der Waals surface area contributed by atoms with Crippen molar-refractivity contribution in [3.8, 4) is 0 Å². The van der Waals surface area contributed by atoms with Crippen molar-refractivity contribution >= 4 is 41.3 Å². The SMILES string of the molecule is CCc1cnc(CCNC(=NC)NC2CCCCC2)s1.I. The number of aryl methyl sites for hydroxylation is 1. The van der Waals surface area contributed by atoms with Gasteiger partial charge in [-0.25, -0.2) is 4.98 Å². The normalized spacial score (nSPS) is 16.4. The Kier molecular flexibility index (Phi) is 9.23. The lowest BCUT2D eigenvalue weighted by molar-refractivity contribution is 0.410. The Morgan fingerprint density at radius 1 is 1.38 bits per heavy atom. The molecule has 1 aliphatic rings. The molecule has 0 aliphatic heterocycles. The van der Waals surface area contributed by atoms with E-state index in [1.807, 2.05) is 24.6 Å². The zero-order chi connectivity index (χ0) is 14.2. The molecule has 0 atom stereocenters. The molecule has 1 aliphatic carbocycles. The molecular formula is C15H27IN4S. The summed E-state index contributed by atoms with van der Waals surface area (Å²) in [5.41, 5.74) is 0. The fraction of sp³-hybridized carbons (Fsp3) is 0.733. The summed E-state index contributed by atoms with van der Waals surface area (Å²) in [4.78, 5) is 10.1. The first-order valence-corrected chi connectivity index (χ1v) is 8.54. The molecule has 0 saturated heterocycles. The van der Waals surface area contributed by atoms with Gasteiger partial charge in [0.05, 0.1) is 5.01 Å². The van der Waals surface area contributed by atoms with Crippen LogP contribution in [0.3, 0.4) is 0 Å². The minimum Gasteiger partial charge on any atom is -0.356 e. The van der Waals surface area contributed by atoms with Crippen molar-refractivity contribution in [1.29, 1.82) is 0 Å². The quantitative estimate of drug-likeness (QED) is 0.435. The summed E-state index contributed by atoms with van der Waals surface area (Å²) in [7, 11) is 1.84. The Morgan fingerprint density at radius 2 is 2.14 bits per heavy atom. The number of rotatable bonds is 5. The van der Waals surface area contributed by atoms with Gasteiger partial charge in [0, 0.05) is 37.1 Å². The summed E-state index contributed by atoms with van der Waals surface area (Å²) in [6, 6.07) is 0.599. The molecule has 2 rings (SSSR count). The van der Waals surface area contributed by atoms with Gasteiger partial charge in [-0.05, 0) is 19.3 Å². The Labute approximate surface area is 149 Å².